The lowest BCUT2D eigenvalue weighted by Gasteiger charge is -2.25. The van der Waals surface area contributed by atoms with Crippen LogP contribution in [0.5, 0.6) is 5.75 Å². The fraction of sp³-hybridized carbons (Fsp3) is 0.281. The zero-order chi connectivity index (χ0) is 36.6. The highest BCUT2D eigenvalue weighted by molar-refractivity contribution is 7.09. The molecule has 0 bridgehead atoms. The molecule has 0 aliphatic carbocycles. The Hall–Kier alpha value is -5.23. The topological polar surface area (TPSA) is 176 Å². The van der Waals surface area contributed by atoms with E-state index in [2.05, 4.69) is 69.0 Å². The van der Waals surface area contributed by atoms with Gasteiger partial charge in [0.05, 0.1) is 29.3 Å². The monoisotopic (exact) mass is 724 g/mol. The molecule has 0 radical (unpaired) electrons. The zero-order valence-corrected chi connectivity index (χ0v) is 26.9. The van der Waals surface area contributed by atoms with Gasteiger partial charge in [-0.1, -0.05) is 24.3 Å². The van der Waals surface area contributed by atoms with Crippen molar-refractivity contribution in [2.24, 2.45) is 0 Å². The van der Waals surface area contributed by atoms with Gasteiger partial charge in [0.2, 0.25) is 5.95 Å². The van der Waals surface area contributed by atoms with Gasteiger partial charge in [-0.25, -0.2) is 24.5 Å². The third kappa shape index (κ3) is 10.4. The molecule has 6 N–H and O–H groups in total. The van der Waals surface area contributed by atoms with Gasteiger partial charge in [0.1, 0.15) is 11.6 Å². The van der Waals surface area contributed by atoms with Gasteiger partial charge in [0.15, 0.2) is 0 Å². The number of aromatic amines is 1. The Bertz CT molecular complexity index is 1890. The second-order valence-corrected chi connectivity index (χ2v) is 11.9. The number of halogens is 6. The molecule has 4 heterocycles. The highest BCUT2D eigenvalue weighted by Gasteiger charge is 2.39. The number of aromatic nitrogens is 4. The third-order valence-electron chi connectivity index (χ3n) is 7.23. The number of aliphatic carboxylic acids is 2. The number of nitrogens with zero attached hydrogens (tertiary/aromatic N) is 3. The molecular weight excluding hydrogens is 694 g/mol. The van der Waals surface area contributed by atoms with E-state index in [1.165, 1.54) is 16.0 Å². The molecule has 5 aromatic rings. The summed E-state index contributed by atoms with van der Waals surface area (Å²) >= 11 is 1.81. The van der Waals surface area contributed by atoms with Crippen LogP contribution in [0.2, 0.25) is 0 Å². The molecule has 2 atom stereocenters. The van der Waals surface area contributed by atoms with Gasteiger partial charge in [0.25, 0.3) is 0 Å². The lowest BCUT2D eigenvalue weighted by atomic mass is 9.93. The summed E-state index contributed by atoms with van der Waals surface area (Å²) < 4.78 is 69.6. The zero-order valence-electron chi connectivity index (χ0n) is 26.0. The molecule has 1 aliphatic rings. The van der Waals surface area contributed by atoms with Crippen molar-refractivity contribution < 1.29 is 50.9 Å². The molecule has 6 rings (SSSR count). The van der Waals surface area contributed by atoms with Gasteiger partial charge >= 0.3 is 24.3 Å². The van der Waals surface area contributed by atoms with Crippen molar-refractivity contribution in [2.45, 2.75) is 44.1 Å². The number of carboxylic acids is 2. The van der Waals surface area contributed by atoms with Crippen molar-refractivity contribution in [1.82, 2.24) is 25.3 Å². The number of fused-ring (bicyclic) bond motifs is 2. The molecule has 0 saturated carbocycles. The van der Waals surface area contributed by atoms with E-state index in [1.54, 1.807) is 6.20 Å². The molecule has 0 saturated heterocycles. The smallest absolute Gasteiger partial charge is 0.490 e. The minimum Gasteiger partial charge on any atom is -0.493 e. The number of alkyl halides is 6. The van der Waals surface area contributed by atoms with Crippen LogP contribution in [0.1, 0.15) is 40.7 Å². The van der Waals surface area contributed by atoms with E-state index in [0.29, 0.717) is 6.61 Å². The Morgan fingerprint density at radius 3 is 2.36 bits per heavy atom. The number of imidazole rings is 1. The number of rotatable bonds is 7. The molecule has 11 nitrogen and oxygen atoms in total. The first-order valence-corrected chi connectivity index (χ1v) is 15.6. The number of thiophene rings is 1. The summed E-state index contributed by atoms with van der Waals surface area (Å²) in [5, 5.41) is 20.0. The van der Waals surface area contributed by atoms with Crippen molar-refractivity contribution in [3.63, 3.8) is 0 Å². The van der Waals surface area contributed by atoms with Crippen molar-refractivity contribution >= 4 is 40.3 Å². The maximum Gasteiger partial charge on any atom is 0.490 e. The normalized spacial score (nSPS) is 14.7. The van der Waals surface area contributed by atoms with Gasteiger partial charge in [-0.05, 0) is 66.6 Å². The Morgan fingerprint density at radius 1 is 1.04 bits per heavy atom. The molecular formula is C32H30F6N6O5S. The van der Waals surface area contributed by atoms with Crippen LogP contribution in [-0.2, 0) is 22.4 Å². The summed E-state index contributed by atoms with van der Waals surface area (Å²) in [5.41, 5.74) is 11.9. The average Bonchev–Trinajstić information content (AvgIpc) is 3.74. The van der Waals surface area contributed by atoms with E-state index < -0.39 is 24.3 Å². The summed E-state index contributed by atoms with van der Waals surface area (Å²) in [6.45, 7) is 3.79. The van der Waals surface area contributed by atoms with Gasteiger partial charge in [-0.3, -0.25) is 0 Å². The number of carboxylic acid groups (broad SMARTS) is 2. The van der Waals surface area contributed by atoms with E-state index in [1.807, 2.05) is 29.5 Å². The molecule has 0 fully saturated rings. The lowest BCUT2D eigenvalue weighted by Crippen LogP contribution is -2.23. The molecule has 18 heteroatoms. The number of nitrogens with one attached hydrogen (secondary N) is 2. The molecule has 50 heavy (non-hydrogen) atoms. The molecule has 0 spiro atoms. The van der Waals surface area contributed by atoms with Gasteiger partial charge < -0.3 is 31.0 Å². The van der Waals surface area contributed by atoms with Gasteiger partial charge in [0, 0.05) is 29.2 Å². The van der Waals surface area contributed by atoms with Crippen LogP contribution in [-0.4, -0.2) is 67.6 Å². The van der Waals surface area contributed by atoms with Crippen molar-refractivity contribution in [1.29, 1.82) is 0 Å². The number of nitrogen functional groups attached to an aromatic ring is 1. The lowest BCUT2D eigenvalue weighted by molar-refractivity contribution is -0.193. The first kappa shape index (κ1) is 37.6. The maximum absolute atomic E-state index is 10.6. The summed E-state index contributed by atoms with van der Waals surface area (Å²) in [4.78, 5) is 35.9. The average molecular weight is 725 g/mol. The predicted molar refractivity (Wildman–Crippen MR) is 172 cm³/mol. The molecule has 2 unspecified atom stereocenters. The van der Waals surface area contributed by atoms with Crippen LogP contribution in [0.3, 0.4) is 0 Å². The Labute approximate surface area is 284 Å². The number of hydrogen-bond donors (Lipinski definition) is 5. The highest BCUT2D eigenvalue weighted by Crippen LogP contribution is 2.34. The third-order valence-corrected chi connectivity index (χ3v) is 8.17. The second-order valence-electron chi connectivity index (χ2n) is 10.8. The molecule has 266 valence electrons. The van der Waals surface area contributed by atoms with E-state index in [9.17, 15) is 26.3 Å². The van der Waals surface area contributed by atoms with Crippen LogP contribution < -0.4 is 15.8 Å². The summed E-state index contributed by atoms with van der Waals surface area (Å²) in [5.74, 6) is -3.16. The highest BCUT2D eigenvalue weighted by atomic mass is 32.1. The summed E-state index contributed by atoms with van der Waals surface area (Å²) in [6, 6.07) is 19.1. The number of anilines is 1. The SMILES string of the molecule is CC(NCCc1cccs1)c1ccc2c(c1)CC(c1nc3ccc(-c4ccnc(N)n4)cc3[nH]1)CO2.O=C(O)C(F)(F)F.O=C(O)C(F)(F)F. The largest absolute Gasteiger partial charge is 0.493 e. The van der Waals surface area contributed by atoms with Crippen molar-refractivity contribution in [2.75, 3.05) is 18.9 Å². The first-order chi connectivity index (χ1) is 23.5. The minimum atomic E-state index is -5.08. The predicted octanol–water partition coefficient (Wildman–Crippen LogP) is 6.54. The van der Waals surface area contributed by atoms with E-state index in [4.69, 9.17) is 35.3 Å². The fourth-order valence-corrected chi connectivity index (χ4v) is 5.47. The number of hydrogen-bond acceptors (Lipinski definition) is 9. The number of ether oxygens (including phenoxy) is 1. The quantitative estimate of drug-likeness (QED) is 0.116. The summed E-state index contributed by atoms with van der Waals surface area (Å²) in [7, 11) is 0. The Kier molecular flexibility index (Phi) is 12.0. The van der Waals surface area contributed by atoms with Crippen LogP contribution in [0.25, 0.3) is 22.3 Å². The van der Waals surface area contributed by atoms with Crippen molar-refractivity contribution in [3.05, 3.63) is 88.0 Å². The Morgan fingerprint density at radius 2 is 1.74 bits per heavy atom. The first-order valence-electron chi connectivity index (χ1n) is 14.7. The van der Waals surface area contributed by atoms with E-state index >= 15 is 0 Å². The van der Waals surface area contributed by atoms with Crippen LogP contribution in [0.4, 0.5) is 32.3 Å². The van der Waals surface area contributed by atoms with Gasteiger partial charge in [-0.15, -0.1) is 11.3 Å². The molecule has 0 amide bonds. The maximum atomic E-state index is 10.6. The van der Waals surface area contributed by atoms with E-state index in [-0.39, 0.29) is 17.9 Å². The van der Waals surface area contributed by atoms with Crippen molar-refractivity contribution in [3.8, 4) is 17.0 Å². The minimum absolute atomic E-state index is 0.167. The van der Waals surface area contributed by atoms with E-state index in [0.717, 1.165) is 53.3 Å². The number of benzene rings is 2. The fourth-order valence-electron chi connectivity index (χ4n) is 4.76. The molecule has 2 aromatic carbocycles. The summed E-state index contributed by atoms with van der Waals surface area (Å²) in [6.07, 6.45) is -6.55. The van der Waals surface area contributed by atoms with Crippen LogP contribution in [0.15, 0.2) is 66.2 Å². The number of H-pyrrole nitrogens is 1. The standard InChI is InChI=1S/C28H28N6OS.2C2HF3O2/c1-17(30-10-8-22-3-2-12-36-22)18-5-7-26-20(13-18)14-21(16-35-26)27-32-24-6-4-19(15-25(24)33-27)23-9-11-31-28(29)34-23;2*3-2(4,5)1(6)7/h2-7,9,11-13,15,17,21,30H,8,10,14,16H2,1H3,(H,32,33)(H2,29,31,34);2*(H,6,7). The van der Waals surface area contributed by atoms with Gasteiger partial charge in [-0.2, -0.15) is 26.3 Å². The Balaban J connectivity index is 0.000000340. The van der Waals surface area contributed by atoms with Crippen LogP contribution >= 0.6 is 11.3 Å². The van der Waals surface area contributed by atoms with Crippen LogP contribution in [0, 0.1) is 0 Å². The number of carbonyl (C=O) groups is 2. The molecule has 3 aromatic heterocycles. The molecule has 1 aliphatic heterocycles. The second kappa shape index (κ2) is 16.0. The number of nitrogens with two attached hydrogens (primary N) is 1.